The topological polar surface area (TPSA) is 69.6 Å². The summed E-state index contributed by atoms with van der Waals surface area (Å²) in [6, 6.07) is -0.120. The minimum atomic E-state index is -0.531. The minimum Gasteiger partial charge on any atom is -0.396 e. The molecule has 1 fully saturated rings. The Morgan fingerprint density at radius 3 is 2.60 bits per heavy atom. The second-order valence-corrected chi connectivity index (χ2v) is 4.70. The van der Waals surface area contributed by atoms with E-state index in [1.54, 1.807) is 0 Å². The van der Waals surface area contributed by atoms with Crippen LogP contribution >= 0.6 is 0 Å². The summed E-state index contributed by atoms with van der Waals surface area (Å²) < 4.78 is 0. The third-order valence-corrected chi connectivity index (χ3v) is 3.21. The first-order valence-corrected chi connectivity index (χ1v) is 5.63. The van der Waals surface area contributed by atoms with Gasteiger partial charge in [-0.1, -0.05) is 13.8 Å². The van der Waals surface area contributed by atoms with Gasteiger partial charge in [-0.05, 0) is 24.7 Å². The summed E-state index contributed by atoms with van der Waals surface area (Å²) in [7, 11) is 0. The fraction of sp³-hybridized carbons (Fsp3) is 0.909. The molecule has 3 atom stereocenters. The summed E-state index contributed by atoms with van der Waals surface area (Å²) in [4.78, 5) is 11.0. The molecule has 0 aliphatic carbocycles. The fourth-order valence-electron chi connectivity index (χ4n) is 1.96. The molecule has 3 N–H and O–H groups in total. The van der Waals surface area contributed by atoms with E-state index < -0.39 is 6.10 Å². The summed E-state index contributed by atoms with van der Waals surface area (Å²) in [5.41, 5.74) is 0. The molecule has 1 saturated heterocycles. The zero-order chi connectivity index (χ0) is 11.4. The predicted molar refractivity (Wildman–Crippen MR) is 57.2 cm³/mol. The van der Waals surface area contributed by atoms with Gasteiger partial charge in [-0.25, -0.2) is 0 Å². The second-order valence-electron chi connectivity index (χ2n) is 4.70. The lowest BCUT2D eigenvalue weighted by atomic mass is 9.88. The van der Waals surface area contributed by atoms with E-state index in [-0.39, 0.29) is 24.5 Å². The molecular weight excluding hydrogens is 194 g/mol. The highest BCUT2D eigenvalue weighted by molar-refractivity contribution is 5.78. The Morgan fingerprint density at radius 1 is 1.53 bits per heavy atom. The molecule has 0 aromatic carbocycles. The molecule has 0 spiro atoms. The van der Waals surface area contributed by atoms with Crippen LogP contribution in [0.2, 0.25) is 0 Å². The quantitative estimate of drug-likeness (QED) is 0.617. The minimum absolute atomic E-state index is 0.0177. The van der Waals surface area contributed by atoms with Crippen molar-refractivity contribution in [3.8, 4) is 0 Å². The van der Waals surface area contributed by atoms with Crippen molar-refractivity contribution in [2.45, 2.75) is 45.3 Å². The van der Waals surface area contributed by atoms with Crippen molar-refractivity contribution in [3.05, 3.63) is 0 Å². The van der Waals surface area contributed by atoms with Crippen molar-refractivity contribution in [2.24, 2.45) is 11.8 Å². The van der Waals surface area contributed by atoms with Gasteiger partial charge in [0.05, 0.1) is 12.1 Å². The van der Waals surface area contributed by atoms with E-state index in [0.717, 1.165) is 0 Å². The molecular formula is C11H21NO3. The largest absolute Gasteiger partial charge is 0.396 e. The Bertz CT molecular complexity index is 218. The van der Waals surface area contributed by atoms with Crippen molar-refractivity contribution in [1.29, 1.82) is 0 Å². The first-order chi connectivity index (χ1) is 7.04. The molecule has 0 unspecified atom stereocenters. The molecule has 1 rings (SSSR count). The molecule has 0 bridgehead atoms. The van der Waals surface area contributed by atoms with E-state index in [0.29, 0.717) is 25.2 Å². The fourth-order valence-corrected chi connectivity index (χ4v) is 1.96. The van der Waals surface area contributed by atoms with Gasteiger partial charge in [-0.15, -0.1) is 0 Å². The van der Waals surface area contributed by atoms with Gasteiger partial charge in [-0.3, -0.25) is 4.79 Å². The van der Waals surface area contributed by atoms with Crippen LogP contribution in [0.4, 0.5) is 0 Å². The molecule has 1 aliphatic heterocycles. The SMILES string of the molecule is CC(C)[C@@H](CO)C[C@H](O)[C@@H]1CCC(=O)N1. The maximum absolute atomic E-state index is 11.0. The van der Waals surface area contributed by atoms with Crippen LogP contribution in [0.3, 0.4) is 0 Å². The Morgan fingerprint density at radius 2 is 2.20 bits per heavy atom. The number of amides is 1. The molecule has 88 valence electrons. The van der Waals surface area contributed by atoms with E-state index in [9.17, 15) is 9.90 Å². The van der Waals surface area contributed by atoms with Gasteiger partial charge in [0.15, 0.2) is 0 Å². The number of carbonyl (C=O) groups is 1. The van der Waals surface area contributed by atoms with Gasteiger partial charge in [-0.2, -0.15) is 0 Å². The number of carbonyl (C=O) groups excluding carboxylic acids is 1. The normalized spacial score (nSPS) is 25.4. The highest BCUT2D eigenvalue weighted by atomic mass is 16.3. The van der Waals surface area contributed by atoms with E-state index in [1.807, 2.05) is 13.8 Å². The van der Waals surface area contributed by atoms with Gasteiger partial charge in [0.2, 0.25) is 5.91 Å². The van der Waals surface area contributed by atoms with Crippen molar-refractivity contribution in [3.63, 3.8) is 0 Å². The number of hydrogen-bond acceptors (Lipinski definition) is 3. The molecule has 0 aromatic rings. The number of hydrogen-bond donors (Lipinski definition) is 3. The maximum atomic E-state index is 11.0. The first kappa shape index (κ1) is 12.5. The summed E-state index contributed by atoms with van der Waals surface area (Å²) in [5, 5.41) is 21.8. The second kappa shape index (κ2) is 5.47. The van der Waals surface area contributed by atoms with Crippen LogP contribution in [0.1, 0.15) is 33.1 Å². The van der Waals surface area contributed by atoms with Crippen LogP contribution in [-0.2, 0) is 4.79 Å². The average Bonchev–Trinajstić information content (AvgIpc) is 2.60. The monoisotopic (exact) mass is 215 g/mol. The standard InChI is InChI=1S/C11H21NO3/c1-7(2)8(6-13)5-10(14)9-3-4-11(15)12-9/h7-10,13-14H,3-6H2,1-2H3,(H,12,15)/t8-,9+,10+/m1/s1. The molecule has 4 heteroatoms. The molecule has 0 radical (unpaired) electrons. The van der Waals surface area contributed by atoms with Crippen molar-refractivity contribution in [2.75, 3.05) is 6.61 Å². The third kappa shape index (κ3) is 3.47. The molecule has 0 saturated carbocycles. The Balaban J connectivity index is 2.40. The summed E-state index contributed by atoms with van der Waals surface area (Å²) in [5.74, 6) is 0.475. The molecule has 0 aromatic heterocycles. The average molecular weight is 215 g/mol. The smallest absolute Gasteiger partial charge is 0.220 e. The Labute approximate surface area is 90.7 Å². The van der Waals surface area contributed by atoms with Crippen LogP contribution in [0.15, 0.2) is 0 Å². The Hall–Kier alpha value is -0.610. The van der Waals surface area contributed by atoms with Crippen LogP contribution in [0.25, 0.3) is 0 Å². The van der Waals surface area contributed by atoms with Gasteiger partial charge in [0, 0.05) is 13.0 Å². The number of rotatable bonds is 5. The first-order valence-electron chi connectivity index (χ1n) is 5.63. The summed E-state index contributed by atoms with van der Waals surface area (Å²) in [6.07, 6.45) is 1.23. The van der Waals surface area contributed by atoms with E-state index in [1.165, 1.54) is 0 Å². The van der Waals surface area contributed by atoms with Crippen LogP contribution < -0.4 is 5.32 Å². The lowest BCUT2D eigenvalue weighted by molar-refractivity contribution is -0.119. The molecule has 1 aliphatic rings. The van der Waals surface area contributed by atoms with E-state index in [2.05, 4.69) is 5.32 Å². The van der Waals surface area contributed by atoms with Crippen molar-refractivity contribution < 1.29 is 15.0 Å². The van der Waals surface area contributed by atoms with E-state index >= 15 is 0 Å². The van der Waals surface area contributed by atoms with Gasteiger partial charge in [0.1, 0.15) is 0 Å². The zero-order valence-electron chi connectivity index (χ0n) is 9.44. The van der Waals surface area contributed by atoms with Gasteiger partial charge in [0.25, 0.3) is 0 Å². The van der Waals surface area contributed by atoms with Gasteiger partial charge >= 0.3 is 0 Å². The molecule has 1 heterocycles. The van der Waals surface area contributed by atoms with Crippen molar-refractivity contribution >= 4 is 5.91 Å². The predicted octanol–water partition coefficient (Wildman–Crippen LogP) is 0.280. The number of nitrogens with one attached hydrogen (secondary N) is 1. The van der Waals surface area contributed by atoms with E-state index in [4.69, 9.17) is 5.11 Å². The lowest BCUT2D eigenvalue weighted by Crippen LogP contribution is -2.38. The number of aliphatic hydroxyl groups is 2. The summed E-state index contributed by atoms with van der Waals surface area (Å²) in [6.45, 7) is 4.15. The highest BCUT2D eigenvalue weighted by Gasteiger charge is 2.29. The zero-order valence-corrected chi connectivity index (χ0v) is 9.44. The molecule has 1 amide bonds. The van der Waals surface area contributed by atoms with Crippen LogP contribution in [0, 0.1) is 11.8 Å². The maximum Gasteiger partial charge on any atom is 0.220 e. The Kier molecular flexibility index (Phi) is 4.54. The highest BCUT2D eigenvalue weighted by Crippen LogP contribution is 2.21. The molecule has 4 nitrogen and oxygen atoms in total. The van der Waals surface area contributed by atoms with Gasteiger partial charge < -0.3 is 15.5 Å². The summed E-state index contributed by atoms with van der Waals surface area (Å²) >= 11 is 0. The van der Waals surface area contributed by atoms with Crippen LogP contribution in [0.5, 0.6) is 0 Å². The lowest BCUT2D eigenvalue weighted by Gasteiger charge is -2.25. The molecule has 15 heavy (non-hydrogen) atoms. The number of aliphatic hydroxyl groups excluding tert-OH is 2. The van der Waals surface area contributed by atoms with Crippen LogP contribution in [-0.4, -0.2) is 34.9 Å². The third-order valence-electron chi connectivity index (χ3n) is 3.21. The van der Waals surface area contributed by atoms with Crippen molar-refractivity contribution in [1.82, 2.24) is 5.32 Å².